The van der Waals surface area contributed by atoms with Crippen molar-refractivity contribution in [1.82, 2.24) is 9.97 Å². The van der Waals surface area contributed by atoms with Crippen LogP contribution in [-0.4, -0.2) is 16.2 Å². The van der Waals surface area contributed by atoms with Gasteiger partial charge in [0.25, 0.3) is 0 Å². The fourth-order valence-corrected chi connectivity index (χ4v) is 7.35. The lowest BCUT2D eigenvalue weighted by atomic mass is 9.86. The van der Waals surface area contributed by atoms with Gasteiger partial charge in [0, 0.05) is 24.2 Å². The summed E-state index contributed by atoms with van der Waals surface area (Å²) in [6, 6.07) is 55.0. The summed E-state index contributed by atoms with van der Waals surface area (Å²) in [6.07, 6.45) is 3.60. The first-order valence-electron chi connectivity index (χ1n) is 14.5. The Hall–Kier alpha value is -4.12. The number of rotatable bonds is 10. The second-order valence-corrected chi connectivity index (χ2v) is 12.6. The summed E-state index contributed by atoms with van der Waals surface area (Å²) in [7, 11) is 0. The van der Waals surface area contributed by atoms with Gasteiger partial charge in [-0.25, -0.2) is 0 Å². The highest BCUT2D eigenvalue weighted by Crippen LogP contribution is 2.44. The number of thioether (sulfide) groups is 1. The highest BCUT2D eigenvalue weighted by atomic mass is 32.2. The third-order valence-corrected chi connectivity index (χ3v) is 10.1. The zero-order valence-electron chi connectivity index (χ0n) is 24.2. The van der Waals surface area contributed by atoms with E-state index in [0.717, 1.165) is 40.3 Å². The molecule has 43 heavy (non-hydrogen) atoms. The van der Waals surface area contributed by atoms with Gasteiger partial charge in [-0.15, -0.1) is 11.8 Å². The van der Waals surface area contributed by atoms with Crippen LogP contribution in [0.3, 0.4) is 0 Å². The Morgan fingerprint density at radius 2 is 0.837 bits per heavy atom. The van der Waals surface area contributed by atoms with Crippen molar-refractivity contribution in [2.24, 2.45) is 0 Å². The van der Waals surface area contributed by atoms with Gasteiger partial charge in [0.2, 0.25) is 0 Å². The molecule has 0 aliphatic carbocycles. The Balaban J connectivity index is 1.35. The van der Waals surface area contributed by atoms with E-state index in [0.29, 0.717) is 6.42 Å². The van der Waals surface area contributed by atoms with Crippen LogP contribution in [0.25, 0.3) is 11.4 Å². The predicted molar refractivity (Wildman–Crippen MR) is 185 cm³/mol. The molecular formula is C39H34N2S2. The molecule has 0 fully saturated rings. The van der Waals surface area contributed by atoms with Gasteiger partial charge in [0.1, 0.15) is 0 Å². The van der Waals surface area contributed by atoms with Crippen LogP contribution in [0.1, 0.15) is 33.6 Å². The SMILES string of the molecule is CSC(Cc1cccc(-c2cccc(CC(S)(c3ccccc3)c3ccccc3)n2)n1)(c1ccccc1)c1ccccc1. The molecule has 0 unspecified atom stereocenters. The van der Waals surface area contributed by atoms with Gasteiger partial charge in [0.05, 0.1) is 20.9 Å². The van der Waals surface area contributed by atoms with Crippen molar-refractivity contribution in [3.05, 3.63) is 191 Å². The van der Waals surface area contributed by atoms with Crippen LogP contribution in [0.4, 0.5) is 0 Å². The lowest BCUT2D eigenvalue weighted by Crippen LogP contribution is -2.27. The lowest BCUT2D eigenvalue weighted by molar-refractivity contribution is 0.719. The van der Waals surface area contributed by atoms with Gasteiger partial charge in [-0.1, -0.05) is 133 Å². The maximum atomic E-state index is 5.32. The van der Waals surface area contributed by atoms with Crippen molar-refractivity contribution in [3.63, 3.8) is 0 Å². The highest BCUT2D eigenvalue weighted by molar-refractivity contribution is 7.99. The zero-order chi connectivity index (χ0) is 29.5. The number of hydrogen-bond donors (Lipinski definition) is 1. The molecule has 6 rings (SSSR count). The van der Waals surface area contributed by atoms with Crippen molar-refractivity contribution in [2.75, 3.05) is 6.26 Å². The molecule has 0 saturated heterocycles. The van der Waals surface area contributed by atoms with Crippen molar-refractivity contribution in [2.45, 2.75) is 22.3 Å². The molecule has 0 radical (unpaired) electrons. The summed E-state index contributed by atoms with van der Waals surface area (Å²) in [4.78, 5) is 10.3. The smallest absolute Gasteiger partial charge is 0.0889 e. The van der Waals surface area contributed by atoms with Crippen LogP contribution >= 0.6 is 24.4 Å². The highest BCUT2D eigenvalue weighted by Gasteiger charge is 2.34. The first-order valence-corrected chi connectivity index (χ1v) is 16.2. The first-order chi connectivity index (χ1) is 21.1. The maximum Gasteiger partial charge on any atom is 0.0889 e. The number of nitrogens with zero attached hydrogens (tertiary/aromatic N) is 2. The van der Waals surface area contributed by atoms with E-state index in [1.807, 2.05) is 23.9 Å². The number of benzene rings is 4. The third-order valence-electron chi connectivity index (χ3n) is 8.07. The Morgan fingerprint density at radius 1 is 0.465 bits per heavy atom. The number of aromatic nitrogens is 2. The summed E-state index contributed by atoms with van der Waals surface area (Å²) < 4.78 is -0.785. The second-order valence-electron chi connectivity index (χ2n) is 10.7. The molecule has 0 atom stereocenters. The molecule has 0 saturated carbocycles. The van der Waals surface area contributed by atoms with Gasteiger partial charge in [-0.05, 0) is 52.8 Å². The minimum absolute atomic E-state index is 0.263. The molecule has 0 aliphatic heterocycles. The fraction of sp³-hybridized carbons (Fsp3) is 0.128. The summed E-state index contributed by atoms with van der Waals surface area (Å²) in [5.41, 5.74) is 8.58. The normalized spacial score (nSPS) is 11.8. The fourth-order valence-electron chi connectivity index (χ4n) is 5.85. The van der Waals surface area contributed by atoms with E-state index >= 15 is 0 Å². The van der Waals surface area contributed by atoms with E-state index in [1.165, 1.54) is 11.1 Å². The topological polar surface area (TPSA) is 25.8 Å². The largest absolute Gasteiger partial charge is 0.251 e. The van der Waals surface area contributed by atoms with E-state index in [-0.39, 0.29) is 4.75 Å². The maximum absolute atomic E-state index is 5.32. The van der Waals surface area contributed by atoms with E-state index < -0.39 is 4.75 Å². The molecule has 0 bridgehead atoms. The first kappa shape index (κ1) is 29.0. The summed E-state index contributed by atoms with van der Waals surface area (Å²) in [5, 5.41) is 0. The molecule has 0 N–H and O–H groups in total. The van der Waals surface area contributed by atoms with Gasteiger partial charge in [0.15, 0.2) is 0 Å². The molecule has 2 nitrogen and oxygen atoms in total. The molecule has 4 aromatic carbocycles. The molecule has 0 amide bonds. The minimum Gasteiger partial charge on any atom is -0.251 e. The Kier molecular flexibility index (Phi) is 8.78. The van der Waals surface area contributed by atoms with Gasteiger partial charge < -0.3 is 0 Å². The number of pyridine rings is 2. The van der Waals surface area contributed by atoms with Crippen molar-refractivity contribution < 1.29 is 0 Å². The third kappa shape index (κ3) is 6.17. The molecule has 0 aliphatic rings. The Bertz CT molecular complexity index is 1680. The van der Waals surface area contributed by atoms with Crippen LogP contribution in [0, 0.1) is 0 Å². The van der Waals surface area contributed by atoms with E-state index in [9.17, 15) is 0 Å². The Morgan fingerprint density at radius 3 is 1.23 bits per heavy atom. The monoisotopic (exact) mass is 594 g/mol. The van der Waals surface area contributed by atoms with Crippen LogP contribution in [0.5, 0.6) is 0 Å². The molecule has 6 aromatic rings. The lowest BCUT2D eigenvalue weighted by Gasteiger charge is -2.33. The van der Waals surface area contributed by atoms with Gasteiger partial charge in [-0.3, -0.25) is 9.97 Å². The summed E-state index contributed by atoms with van der Waals surface area (Å²) in [5.74, 6) is 0. The quantitative estimate of drug-likeness (QED) is 0.160. The zero-order valence-corrected chi connectivity index (χ0v) is 25.9. The van der Waals surface area contributed by atoms with Crippen molar-refractivity contribution >= 4 is 24.4 Å². The standard InChI is InChI=1S/C39H34N2S2/c1-43-39(32-20-10-4-11-21-32,33-22-12-5-13-23-33)29-35-25-15-27-37(41-35)36-26-14-24-34(40-36)28-38(42,30-16-6-2-7-17-30)31-18-8-3-9-19-31/h2-27,42H,28-29H2,1H3. The molecule has 2 heterocycles. The molecule has 4 heteroatoms. The van der Waals surface area contributed by atoms with Gasteiger partial charge >= 0.3 is 0 Å². The minimum atomic E-state index is -0.521. The van der Waals surface area contributed by atoms with Crippen molar-refractivity contribution in [3.8, 4) is 11.4 Å². The average molecular weight is 595 g/mol. The second kappa shape index (κ2) is 13.0. The number of thiol groups is 1. The average Bonchev–Trinajstić information content (AvgIpc) is 3.09. The van der Waals surface area contributed by atoms with Crippen LogP contribution in [0.2, 0.25) is 0 Å². The number of hydrogen-bond acceptors (Lipinski definition) is 4. The summed E-state index contributed by atoms with van der Waals surface area (Å²) >= 11 is 7.18. The van der Waals surface area contributed by atoms with E-state index in [2.05, 4.69) is 152 Å². The summed E-state index contributed by atoms with van der Waals surface area (Å²) in [6.45, 7) is 0. The predicted octanol–water partition coefficient (Wildman–Crippen LogP) is 9.41. The molecule has 2 aromatic heterocycles. The molecular weight excluding hydrogens is 561 g/mol. The van der Waals surface area contributed by atoms with Crippen molar-refractivity contribution in [1.29, 1.82) is 0 Å². The van der Waals surface area contributed by atoms with Crippen LogP contribution < -0.4 is 0 Å². The van der Waals surface area contributed by atoms with Crippen LogP contribution in [-0.2, 0) is 22.3 Å². The van der Waals surface area contributed by atoms with E-state index in [4.69, 9.17) is 22.6 Å². The van der Waals surface area contributed by atoms with Crippen LogP contribution in [0.15, 0.2) is 158 Å². The Labute approximate surface area is 264 Å². The van der Waals surface area contributed by atoms with Gasteiger partial charge in [-0.2, -0.15) is 12.6 Å². The molecule has 212 valence electrons. The van der Waals surface area contributed by atoms with E-state index in [1.54, 1.807) is 0 Å². The molecule has 0 spiro atoms.